The molecule has 2 unspecified atom stereocenters. The van der Waals surface area contributed by atoms with Gasteiger partial charge in [-0.3, -0.25) is 0 Å². The van der Waals surface area contributed by atoms with Crippen LogP contribution in [0.25, 0.3) is 0 Å². The van der Waals surface area contributed by atoms with E-state index in [-0.39, 0.29) is 47.4 Å². The van der Waals surface area contributed by atoms with E-state index in [1.807, 2.05) is 36.3 Å². The maximum absolute atomic E-state index is 12.8. The molecule has 2 aromatic carbocycles. The highest BCUT2D eigenvalue weighted by Gasteiger charge is 2.42. The molecule has 0 radical (unpaired) electrons. The quantitative estimate of drug-likeness (QED) is 0.109. The molecule has 4 aliphatic rings. The number of hydrogen-bond acceptors (Lipinski definition) is 10. The van der Waals surface area contributed by atoms with Gasteiger partial charge in [-0.1, -0.05) is 64.3 Å². The molecular formula is C50H63ClF6N4O6. The van der Waals surface area contributed by atoms with Crippen LogP contribution in [0.3, 0.4) is 0 Å². The maximum atomic E-state index is 12.8. The minimum Gasteiger partial charge on any atom is -0.489 e. The predicted molar refractivity (Wildman–Crippen MR) is 243 cm³/mol. The number of hydrogen-bond donors (Lipinski definition) is 1. The number of ether oxygens (including phenoxy) is 4. The fourth-order valence-electron chi connectivity index (χ4n) is 8.71. The van der Waals surface area contributed by atoms with Crippen molar-refractivity contribution in [3.05, 3.63) is 100 Å². The number of halogens is 7. The average Bonchev–Trinajstić information content (AvgIpc) is 3.24. The Morgan fingerprint density at radius 1 is 0.612 bits per heavy atom. The lowest BCUT2D eigenvalue weighted by molar-refractivity contribution is -0.207. The second-order valence-corrected chi connectivity index (χ2v) is 19.2. The zero-order valence-corrected chi connectivity index (χ0v) is 39.7. The number of hydroxylamine groups is 4. The van der Waals surface area contributed by atoms with Crippen molar-refractivity contribution in [3.8, 4) is 28.9 Å². The van der Waals surface area contributed by atoms with Crippen molar-refractivity contribution in [2.75, 3.05) is 13.2 Å². The molecule has 4 fully saturated rings. The Morgan fingerprint density at radius 2 is 1.04 bits per heavy atom. The number of pyridine rings is 2. The molecule has 4 bridgehead atoms. The van der Waals surface area contributed by atoms with Crippen molar-refractivity contribution in [1.29, 1.82) is 0 Å². The number of rotatable bonds is 12. The molecule has 67 heavy (non-hydrogen) atoms. The summed E-state index contributed by atoms with van der Waals surface area (Å²) in [6.45, 7) is 13.9. The summed E-state index contributed by atoms with van der Waals surface area (Å²) in [5, 5.41) is 13.7. The standard InChI is InChI=1S/C25H31F3N2O3.C19H29NO3.C6H3ClF3N/c1-16(2)15-31-23-11-17(3)7-9-22(23)32-21-12-19-5-4-6-20(13-21)30(19)33-24-10-8-18(14-29-24)25(26,27)28;1-13(2)12-22-19-9-14(3)7-8-18(19)23-17-10-15-5-4-6-16(11-17)20(15)21;7-5-2-1-4(3-11-5)6(8,9)10/h7-11,14,16,19-21H,4-6,12-13,15H2,1-3H3;7-9,13,15-17,21H,4-6,10-12H2,1-3H3;1-3H/t19-,20+,21?;15-,16+,17?;. The van der Waals surface area contributed by atoms with E-state index in [2.05, 4.69) is 56.7 Å². The van der Waals surface area contributed by atoms with Gasteiger partial charge >= 0.3 is 12.4 Å². The molecule has 6 heterocycles. The predicted octanol–water partition coefficient (Wildman–Crippen LogP) is 13.1. The lowest BCUT2D eigenvalue weighted by Gasteiger charge is -2.46. The highest BCUT2D eigenvalue weighted by Crippen LogP contribution is 2.40. The Balaban J connectivity index is 0.000000188. The lowest BCUT2D eigenvalue weighted by Crippen LogP contribution is -2.55. The number of benzene rings is 2. The van der Waals surface area contributed by atoms with Crippen LogP contribution >= 0.6 is 11.6 Å². The molecule has 0 amide bonds. The second-order valence-electron chi connectivity index (χ2n) is 18.8. The number of alkyl halides is 6. The van der Waals surface area contributed by atoms with Crippen LogP contribution in [0, 0.1) is 25.7 Å². The van der Waals surface area contributed by atoms with Crippen molar-refractivity contribution < 1.29 is 55.3 Å². The van der Waals surface area contributed by atoms with Crippen molar-refractivity contribution in [1.82, 2.24) is 20.1 Å². The summed E-state index contributed by atoms with van der Waals surface area (Å²) in [7, 11) is 0. The summed E-state index contributed by atoms with van der Waals surface area (Å²) in [6.07, 6.45) is 2.61. The summed E-state index contributed by atoms with van der Waals surface area (Å²) < 4.78 is 98.6. The fraction of sp³-hybridized carbons (Fsp3) is 0.560. The first-order valence-electron chi connectivity index (χ1n) is 23.2. The molecule has 1 N–H and O–H groups in total. The van der Waals surface area contributed by atoms with Gasteiger partial charge in [0.1, 0.15) is 17.4 Å². The Morgan fingerprint density at radius 3 is 1.45 bits per heavy atom. The minimum atomic E-state index is -4.41. The van der Waals surface area contributed by atoms with Crippen LogP contribution in [0.5, 0.6) is 28.9 Å². The van der Waals surface area contributed by atoms with Gasteiger partial charge in [-0.25, -0.2) is 9.97 Å². The summed E-state index contributed by atoms with van der Waals surface area (Å²) in [5.41, 5.74) is 0.723. The van der Waals surface area contributed by atoms with Gasteiger partial charge in [0.2, 0.25) is 5.88 Å². The van der Waals surface area contributed by atoms with E-state index < -0.39 is 23.5 Å². The number of aryl methyl sites for hydroxylation is 2. The van der Waals surface area contributed by atoms with E-state index in [0.717, 1.165) is 111 Å². The molecule has 0 saturated carbocycles. The Bertz CT molecular complexity index is 2140. The molecule has 0 spiro atoms. The van der Waals surface area contributed by atoms with Crippen molar-refractivity contribution in [2.45, 2.75) is 154 Å². The van der Waals surface area contributed by atoms with Gasteiger partial charge in [-0.2, -0.15) is 31.4 Å². The van der Waals surface area contributed by atoms with Crippen LogP contribution < -0.4 is 23.8 Å². The Hall–Kier alpha value is -4.51. The fourth-order valence-corrected chi connectivity index (χ4v) is 8.82. The molecule has 10 nitrogen and oxygen atoms in total. The van der Waals surface area contributed by atoms with Crippen LogP contribution in [-0.2, 0) is 12.4 Å². The van der Waals surface area contributed by atoms with Gasteiger partial charge in [0.15, 0.2) is 23.0 Å². The summed E-state index contributed by atoms with van der Waals surface area (Å²) >= 11 is 5.28. The SMILES string of the molecule is Cc1ccc(OC2C[C@H]3CCC[C@@H](C2)N3O)c(OCC(C)C)c1.Cc1ccc(OC2C[C@H]3CCC[C@@H](C2)N3Oc2ccc(C(F)(F)F)cn2)c(OCC(C)C)c1.FC(F)(F)c1ccc(Cl)nc1. The van der Waals surface area contributed by atoms with Crippen LogP contribution in [0.4, 0.5) is 26.3 Å². The third kappa shape index (κ3) is 15.2. The molecule has 368 valence electrons. The number of piperidine rings is 4. The van der Waals surface area contributed by atoms with E-state index in [9.17, 15) is 31.5 Å². The molecular weight excluding hydrogens is 902 g/mol. The Kier molecular flexibility index (Phi) is 18.0. The van der Waals surface area contributed by atoms with Crippen molar-refractivity contribution in [3.63, 3.8) is 0 Å². The average molecular weight is 966 g/mol. The topological polar surface area (TPSA) is 98.6 Å². The molecule has 8 rings (SSSR count). The summed E-state index contributed by atoms with van der Waals surface area (Å²) in [4.78, 5) is 13.1. The monoisotopic (exact) mass is 964 g/mol. The second kappa shape index (κ2) is 23.2. The minimum absolute atomic E-state index is 0.0184. The maximum Gasteiger partial charge on any atom is 0.417 e. The number of aromatic nitrogens is 2. The highest BCUT2D eigenvalue weighted by atomic mass is 35.5. The lowest BCUT2D eigenvalue weighted by atomic mass is 9.84. The third-order valence-corrected chi connectivity index (χ3v) is 12.2. The first-order chi connectivity index (χ1) is 31.7. The van der Waals surface area contributed by atoms with Crippen LogP contribution in [0.1, 0.15) is 114 Å². The van der Waals surface area contributed by atoms with Gasteiger partial charge < -0.3 is 29.0 Å². The van der Waals surface area contributed by atoms with Crippen LogP contribution in [0.15, 0.2) is 73.1 Å². The number of nitrogens with zero attached hydrogens (tertiary/aromatic N) is 4. The third-order valence-electron chi connectivity index (χ3n) is 12.0. The Labute approximate surface area is 394 Å². The van der Waals surface area contributed by atoms with Gasteiger partial charge in [-0.05, 0) is 105 Å². The zero-order valence-electron chi connectivity index (χ0n) is 39.0. The smallest absolute Gasteiger partial charge is 0.417 e. The molecule has 4 saturated heterocycles. The van der Waals surface area contributed by atoms with E-state index >= 15 is 0 Å². The first kappa shape index (κ1) is 51.9. The normalized spacial score (nSPS) is 23.0. The van der Waals surface area contributed by atoms with Crippen molar-refractivity contribution in [2.24, 2.45) is 11.8 Å². The molecule has 0 aliphatic carbocycles. The highest BCUT2D eigenvalue weighted by molar-refractivity contribution is 6.29. The summed E-state index contributed by atoms with van der Waals surface area (Å²) in [6, 6.07) is 17.2. The number of fused-ring (bicyclic) bond motifs is 4. The van der Waals surface area contributed by atoms with Gasteiger partial charge in [-0.15, -0.1) is 5.06 Å². The van der Waals surface area contributed by atoms with Gasteiger partial charge in [0.25, 0.3) is 0 Å². The molecule has 4 aliphatic heterocycles. The van der Waals surface area contributed by atoms with E-state index in [1.165, 1.54) is 18.1 Å². The summed E-state index contributed by atoms with van der Waals surface area (Å²) in [5.74, 6) is 4.28. The molecule has 4 aromatic rings. The first-order valence-corrected chi connectivity index (χ1v) is 23.5. The van der Waals surface area contributed by atoms with Crippen molar-refractivity contribution >= 4 is 11.6 Å². The molecule has 6 atom stereocenters. The van der Waals surface area contributed by atoms with E-state index in [4.69, 9.17) is 35.4 Å². The zero-order chi connectivity index (χ0) is 48.5. The molecule has 2 aromatic heterocycles. The van der Waals surface area contributed by atoms with E-state index in [0.29, 0.717) is 31.2 Å². The van der Waals surface area contributed by atoms with E-state index in [1.54, 1.807) is 5.06 Å². The van der Waals surface area contributed by atoms with Crippen LogP contribution in [-0.4, -0.2) is 74.9 Å². The van der Waals surface area contributed by atoms with Gasteiger partial charge in [0, 0.05) is 68.3 Å². The van der Waals surface area contributed by atoms with Gasteiger partial charge in [0.05, 0.1) is 24.3 Å². The largest absolute Gasteiger partial charge is 0.489 e. The molecule has 17 heteroatoms. The van der Waals surface area contributed by atoms with Crippen LogP contribution in [0.2, 0.25) is 5.15 Å².